The summed E-state index contributed by atoms with van der Waals surface area (Å²) in [6.07, 6.45) is 0.935. The van der Waals surface area contributed by atoms with Crippen LogP contribution in [0.2, 0.25) is 0 Å². The number of sulfonamides is 1. The maximum absolute atomic E-state index is 12.3. The molecule has 0 amide bonds. The van der Waals surface area contributed by atoms with Crippen molar-refractivity contribution in [3.63, 3.8) is 0 Å². The van der Waals surface area contributed by atoms with E-state index in [4.69, 9.17) is 10.00 Å². The molecule has 1 aliphatic rings. The van der Waals surface area contributed by atoms with Gasteiger partial charge in [0.1, 0.15) is 0 Å². The molecule has 0 radical (unpaired) electrons. The molecule has 1 N–H and O–H groups in total. The number of aryl methyl sites for hydroxylation is 1. The number of hydrogen-bond donors (Lipinski definition) is 1. The van der Waals surface area contributed by atoms with Gasteiger partial charge in [0.05, 0.1) is 22.6 Å². The van der Waals surface area contributed by atoms with Crippen molar-refractivity contribution in [2.45, 2.75) is 31.3 Å². The minimum atomic E-state index is -3.59. The lowest BCUT2D eigenvalue weighted by atomic mass is 10.0. The van der Waals surface area contributed by atoms with Gasteiger partial charge in [0, 0.05) is 19.1 Å². The summed E-state index contributed by atoms with van der Waals surface area (Å²) in [5.41, 5.74) is 0.973. The number of nitriles is 1. The van der Waals surface area contributed by atoms with Crippen molar-refractivity contribution in [1.82, 2.24) is 4.72 Å². The first-order chi connectivity index (χ1) is 9.44. The molecule has 2 rings (SSSR count). The van der Waals surface area contributed by atoms with Crippen molar-refractivity contribution in [2.75, 3.05) is 13.2 Å². The van der Waals surface area contributed by atoms with Gasteiger partial charge in [-0.2, -0.15) is 5.26 Å². The SMILES string of the molecule is Cc1ccc(C#N)cc1S(=O)(=O)NCC1CCOC1C. The average molecular weight is 294 g/mol. The van der Waals surface area contributed by atoms with Gasteiger partial charge in [0.2, 0.25) is 10.0 Å². The molecule has 5 nitrogen and oxygen atoms in total. The fourth-order valence-corrected chi connectivity index (χ4v) is 3.66. The lowest BCUT2D eigenvalue weighted by Crippen LogP contribution is -2.32. The van der Waals surface area contributed by atoms with Crippen LogP contribution in [0.25, 0.3) is 0 Å². The molecule has 0 spiro atoms. The van der Waals surface area contributed by atoms with E-state index in [1.165, 1.54) is 6.07 Å². The Morgan fingerprint density at radius 3 is 2.85 bits per heavy atom. The molecule has 6 heteroatoms. The van der Waals surface area contributed by atoms with Crippen LogP contribution >= 0.6 is 0 Å². The predicted molar refractivity (Wildman–Crippen MR) is 74.6 cm³/mol. The molecule has 1 aliphatic heterocycles. The minimum Gasteiger partial charge on any atom is -0.378 e. The molecule has 1 heterocycles. The maximum atomic E-state index is 12.3. The average Bonchev–Trinajstić information content (AvgIpc) is 2.82. The maximum Gasteiger partial charge on any atom is 0.240 e. The molecule has 20 heavy (non-hydrogen) atoms. The van der Waals surface area contributed by atoms with Gasteiger partial charge in [-0.25, -0.2) is 13.1 Å². The Hall–Kier alpha value is -1.42. The van der Waals surface area contributed by atoms with Gasteiger partial charge in [0.25, 0.3) is 0 Å². The fourth-order valence-electron chi connectivity index (χ4n) is 2.30. The first-order valence-corrected chi connectivity index (χ1v) is 8.04. The summed E-state index contributed by atoms with van der Waals surface area (Å²) < 4.78 is 32.7. The van der Waals surface area contributed by atoms with Crippen molar-refractivity contribution in [1.29, 1.82) is 5.26 Å². The normalized spacial score (nSPS) is 22.6. The Kier molecular flexibility index (Phi) is 4.43. The Labute approximate surface area is 119 Å². The second kappa shape index (κ2) is 5.92. The molecule has 2 unspecified atom stereocenters. The van der Waals surface area contributed by atoms with Crippen LogP contribution in [0.3, 0.4) is 0 Å². The Bertz CT molecular complexity index is 634. The van der Waals surface area contributed by atoms with Crippen LogP contribution in [0.1, 0.15) is 24.5 Å². The molecule has 0 bridgehead atoms. The van der Waals surface area contributed by atoms with E-state index in [1.54, 1.807) is 19.1 Å². The summed E-state index contributed by atoms with van der Waals surface area (Å²) in [6.45, 7) is 4.71. The molecule has 2 atom stereocenters. The number of rotatable bonds is 4. The highest BCUT2D eigenvalue weighted by atomic mass is 32.2. The zero-order valence-electron chi connectivity index (χ0n) is 11.6. The van der Waals surface area contributed by atoms with Crippen LogP contribution in [-0.2, 0) is 14.8 Å². The third kappa shape index (κ3) is 3.18. The van der Waals surface area contributed by atoms with Gasteiger partial charge in [0.15, 0.2) is 0 Å². The van der Waals surface area contributed by atoms with Crippen LogP contribution in [0, 0.1) is 24.2 Å². The summed E-state index contributed by atoms with van der Waals surface area (Å²) in [6, 6.07) is 6.63. The predicted octanol–water partition coefficient (Wildman–Crippen LogP) is 1.57. The standard InChI is InChI=1S/C14H18N2O3S/c1-10-3-4-12(8-15)7-14(10)20(17,18)16-9-13-5-6-19-11(13)2/h3-4,7,11,13,16H,5-6,9H2,1-2H3. The van der Waals surface area contributed by atoms with Crippen LogP contribution in [0.5, 0.6) is 0 Å². The van der Waals surface area contributed by atoms with Gasteiger partial charge in [-0.3, -0.25) is 0 Å². The highest BCUT2D eigenvalue weighted by molar-refractivity contribution is 7.89. The molecule has 1 fully saturated rings. The molecule has 1 saturated heterocycles. The van der Waals surface area contributed by atoms with Crippen molar-refractivity contribution >= 4 is 10.0 Å². The number of benzene rings is 1. The Morgan fingerprint density at radius 1 is 1.50 bits per heavy atom. The van der Waals surface area contributed by atoms with Crippen molar-refractivity contribution in [3.05, 3.63) is 29.3 Å². The first kappa shape index (κ1) is 15.0. The molecule has 0 saturated carbocycles. The molecule has 0 aliphatic carbocycles. The van der Waals surface area contributed by atoms with Gasteiger partial charge in [-0.05, 0) is 38.0 Å². The largest absolute Gasteiger partial charge is 0.378 e. The zero-order valence-corrected chi connectivity index (χ0v) is 12.4. The summed E-state index contributed by atoms with van der Waals surface area (Å²) in [5.74, 6) is 0.198. The summed E-state index contributed by atoms with van der Waals surface area (Å²) in [4.78, 5) is 0.170. The number of nitrogens with zero attached hydrogens (tertiary/aromatic N) is 1. The van der Waals surface area contributed by atoms with Crippen LogP contribution in [0.4, 0.5) is 0 Å². The molecule has 1 aromatic rings. The lowest BCUT2D eigenvalue weighted by Gasteiger charge is -2.15. The van der Waals surface area contributed by atoms with E-state index in [-0.39, 0.29) is 16.9 Å². The monoisotopic (exact) mass is 294 g/mol. The first-order valence-electron chi connectivity index (χ1n) is 6.56. The third-order valence-electron chi connectivity index (χ3n) is 3.68. The quantitative estimate of drug-likeness (QED) is 0.914. The van der Waals surface area contributed by atoms with E-state index in [0.29, 0.717) is 24.3 Å². The van der Waals surface area contributed by atoms with Crippen LogP contribution < -0.4 is 4.72 Å². The molecule has 1 aromatic carbocycles. The van der Waals surface area contributed by atoms with Crippen LogP contribution in [0.15, 0.2) is 23.1 Å². The third-order valence-corrected chi connectivity index (χ3v) is 5.24. The Balaban J connectivity index is 2.16. The fraction of sp³-hybridized carbons (Fsp3) is 0.500. The van der Waals surface area contributed by atoms with Crippen molar-refractivity contribution in [3.8, 4) is 6.07 Å². The smallest absolute Gasteiger partial charge is 0.240 e. The molecule has 0 aromatic heterocycles. The lowest BCUT2D eigenvalue weighted by molar-refractivity contribution is 0.107. The number of ether oxygens (including phenoxy) is 1. The topological polar surface area (TPSA) is 79.2 Å². The summed E-state index contributed by atoms with van der Waals surface area (Å²) in [5, 5.41) is 8.87. The minimum absolute atomic E-state index is 0.0734. The van der Waals surface area contributed by atoms with Gasteiger partial charge in [-0.1, -0.05) is 6.07 Å². The number of hydrogen-bond acceptors (Lipinski definition) is 4. The van der Waals surface area contributed by atoms with Crippen LogP contribution in [-0.4, -0.2) is 27.7 Å². The highest BCUT2D eigenvalue weighted by Gasteiger charge is 2.26. The van der Waals surface area contributed by atoms with E-state index in [0.717, 1.165) is 6.42 Å². The van der Waals surface area contributed by atoms with E-state index < -0.39 is 10.0 Å². The van der Waals surface area contributed by atoms with Crippen molar-refractivity contribution < 1.29 is 13.2 Å². The number of nitrogens with one attached hydrogen (secondary N) is 1. The zero-order chi connectivity index (χ0) is 14.8. The van der Waals surface area contributed by atoms with E-state index >= 15 is 0 Å². The molecular formula is C14H18N2O3S. The second-order valence-electron chi connectivity index (χ2n) is 5.07. The second-order valence-corrected chi connectivity index (χ2v) is 6.80. The van der Waals surface area contributed by atoms with Gasteiger partial charge >= 0.3 is 0 Å². The van der Waals surface area contributed by atoms with E-state index in [9.17, 15) is 8.42 Å². The van der Waals surface area contributed by atoms with E-state index in [2.05, 4.69) is 4.72 Å². The van der Waals surface area contributed by atoms with Crippen molar-refractivity contribution in [2.24, 2.45) is 5.92 Å². The summed E-state index contributed by atoms with van der Waals surface area (Å²) >= 11 is 0. The van der Waals surface area contributed by atoms with E-state index in [1.807, 2.05) is 13.0 Å². The summed E-state index contributed by atoms with van der Waals surface area (Å²) in [7, 11) is -3.59. The van der Waals surface area contributed by atoms with Gasteiger partial charge in [-0.15, -0.1) is 0 Å². The van der Waals surface area contributed by atoms with Gasteiger partial charge < -0.3 is 4.74 Å². The highest BCUT2D eigenvalue weighted by Crippen LogP contribution is 2.21. The molecular weight excluding hydrogens is 276 g/mol. The Morgan fingerprint density at radius 2 is 2.25 bits per heavy atom. The molecule has 108 valence electrons.